The molecule has 1 rings (SSSR count). The van der Waals surface area contributed by atoms with Crippen molar-refractivity contribution < 1.29 is 4.74 Å². The Hall–Kier alpha value is -1.12. The number of rotatable bonds is 4. The van der Waals surface area contributed by atoms with Gasteiger partial charge in [0.2, 0.25) is 0 Å². The summed E-state index contributed by atoms with van der Waals surface area (Å²) in [6.07, 6.45) is 2.29. The molecule has 4 nitrogen and oxygen atoms in total. The second kappa shape index (κ2) is 6.58. The number of nitrogens with two attached hydrogens (primary N) is 1. The maximum atomic E-state index is 9.04. The highest BCUT2D eigenvalue weighted by Crippen LogP contribution is 2.21. The lowest BCUT2D eigenvalue weighted by Crippen LogP contribution is -2.37. The summed E-state index contributed by atoms with van der Waals surface area (Å²) < 4.78 is 5.19. The van der Waals surface area contributed by atoms with Crippen LogP contribution >= 0.6 is 12.2 Å². The number of hydrogen-bond acceptors (Lipinski definition) is 4. The second-order valence-corrected chi connectivity index (χ2v) is 4.79. The molecule has 0 aromatic heterocycles. The molecule has 5 heteroatoms. The number of likely N-dealkylation sites (tertiary alicyclic amines) is 1. The smallest absolute Gasteiger partial charge is 0.116 e. The largest absolute Gasteiger partial charge is 0.389 e. The van der Waals surface area contributed by atoms with Gasteiger partial charge in [-0.3, -0.25) is 0 Å². The average molecular weight is 253 g/mol. The molecule has 94 valence electrons. The zero-order valence-electron chi connectivity index (χ0n) is 10.4. The molecular weight excluding hydrogens is 234 g/mol. The van der Waals surface area contributed by atoms with Crippen molar-refractivity contribution in [2.75, 3.05) is 26.8 Å². The third-order valence-corrected chi connectivity index (χ3v) is 3.32. The molecule has 1 atom stereocenters. The fraction of sp³-hybridized carbons (Fsp3) is 0.667. The first-order valence-corrected chi connectivity index (χ1v) is 6.15. The lowest BCUT2D eigenvalue weighted by Gasteiger charge is -2.35. The van der Waals surface area contributed by atoms with Crippen LogP contribution in [0.3, 0.4) is 0 Å². The summed E-state index contributed by atoms with van der Waals surface area (Å²) >= 11 is 4.89. The molecule has 2 N–H and O–H groups in total. The SMILES string of the molecule is COC[C@H]1CCCN(C(C)=C(C#N)C(N)=S)C1. The van der Waals surface area contributed by atoms with E-state index in [9.17, 15) is 0 Å². The number of allylic oxidation sites excluding steroid dienone is 1. The molecule has 1 aliphatic rings. The zero-order chi connectivity index (χ0) is 12.8. The Bertz CT molecular complexity index is 357. The van der Waals surface area contributed by atoms with Crippen molar-refractivity contribution in [1.82, 2.24) is 4.90 Å². The van der Waals surface area contributed by atoms with E-state index in [4.69, 9.17) is 28.0 Å². The van der Waals surface area contributed by atoms with Crippen LogP contribution in [-0.4, -0.2) is 36.7 Å². The normalized spacial score (nSPS) is 21.7. The van der Waals surface area contributed by atoms with Gasteiger partial charge in [0.25, 0.3) is 0 Å². The van der Waals surface area contributed by atoms with Gasteiger partial charge in [0, 0.05) is 25.9 Å². The van der Waals surface area contributed by atoms with Crippen LogP contribution in [0.4, 0.5) is 0 Å². The molecule has 0 aromatic rings. The predicted molar refractivity (Wildman–Crippen MR) is 71.3 cm³/mol. The number of piperidine rings is 1. The molecule has 0 amide bonds. The Kier molecular flexibility index (Phi) is 5.39. The number of hydrogen-bond donors (Lipinski definition) is 1. The number of ether oxygens (including phenoxy) is 1. The Labute approximate surface area is 108 Å². The molecule has 0 saturated carbocycles. The summed E-state index contributed by atoms with van der Waals surface area (Å²) in [5.74, 6) is 0.523. The first-order chi connectivity index (χ1) is 8.10. The van der Waals surface area contributed by atoms with E-state index < -0.39 is 0 Å². The predicted octanol–water partition coefficient (Wildman–Crippen LogP) is 1.43. The highest BCUT2D eigenvalue weighted by molar-refractivity contribution is 7.80. The van der Waals surface area contributed by atoms with Crippen molar-refractivity contribution in [2.45, 2.75) is 19.8 Å². The van der Waals surface area contributed by atoms with Gasteiger partial charge in [0.1, 0.15) is 16.6 Å². The van der Waals surface area contributed by atoms with E-state index in [1.165, 1.54) is 6.42 Å². The summed E-state index contributed by atoms with van der Waals surface area (Å²) in [5.41, 5.74) is 6.87. The van der Waals surface area contributed by atoms with E-state index in [-0.39, 0.29) is 4.99 Å². The highest BCUT2D eigenvalue weighted by atomic mass is 32.1. The van der Waals surface area contributed by atoms with Crippen molar-refractivity contribution in [2.24, 2.45) is 11.7 Å². The number of nitrogens with zero attached hydrogens (tertiary/aromatic N) is 2. The third kappa shape index (κ3) is 3.69. The molecule has 1 fully saturated rings. The Balaban J connectivity index is 2.78. The Morgan fingerprint density at radius 3 is 2.88 bits per heavy atom. The topological polar surface area (TPSA) is 62.3 Å². The molecule has 0 unspecified atom stereocenters. The fourth-order valence-corrected chi connectivity index (χ4v) is 2.41. The molecular formula is C12H19N3OS. The highest BCUT2D eigenvalue weighted by Gasteiger charge is 2.22. The molecule has 1 aliphatic heterocycles. The van der Waals surface area contributed by atoms with Crippen LogP contribution in [0.5, 0.6) is 0 Å². The van der Waals surface area contributed by atoms with E-state index in [1.807, 2.05) is 6.92 Å². The maximum Gasteiger partial charge on any atom is 0.116 e. The quantitative estimate of drug-likeness (QED) is 0.466. The van der Waals surface area contributed by atoms with Crippen LogP contribution in [0.25, 0.3) is 0 Å². The fourth-order valence-electron chi connectivity index (χ4n) is 2.21. The van der Waals surface area contributed by atoms with Crippen LogP contribution in [0.1, 0.15) is 19.8 Å². The van der Waals surface area contributed by atoms with Gasteiger partial charge in [0.05, 0.1) is 6.61 Å². The van der Waals surface area contributed by atoms with Gasteiger partial charge in [-0.2, -0.15) is 5.26 Å². The van der Waals surface area contributed by atoms with Crippen molar-refractivity contribution >= 4 is 17.2 Å². The van der Waals surface area contributed by atoms with Crippen LogP contribution in [0, 0.1) is 17.2 Å². The van der Waals surface area contributed by atoms with Crippen LogP contribution in [0.2, 0.25) is 0 Å². The van der Waals surface area contributed by atoms with Gasteiger partial charge in [0.15, 0.2) is 0 Å². The van der Waals surface area contributed by atoms with Gasteiger partial charge < -0.3 is 15.4 Å². The lowest BCUT2D eigenvalue weighted by atomic mass is 9.98. The molecule has 0 radical (unpaired) electrons. The summed E-state index contributed by atoms with van der Waals surface area (Å²) in [6.45, 7) is 4.54. The second-order valence-electron chi connectivity index (χ2n) is 4.35. The molecule has 1 saturated heterocycles. The third-order valence-electron chi connectivity index (χ3n) is 3.12. The maximum absolute atomic E-state index is 9.04. The first kappa shape index (κ1) is 13.9. The van der Waals surface area contributed by atoms with E-state index >= 15 is 0 Å². The zero-order valence-corrected chi connectivity index (χ0v) is 11.2. The summed E-state index contributed by atoms with van der Waals surface area (Å²) in [4.78, 5) is 2.36. The summed E-state index contributed by atoms with van der Waals surface area (Å²) in [5, 5.41) is 9.04. The van der Waals surface area contributed by atoms with E-state index in [1.54, 1.807) is 7.11 Å². The van der Waals surface area contributed by atoms with Crippen LogP contribution < -0.4 is 5.73 Å². The lowest BCUT2D eigenvalue weighted by molar-refractivity contribution is 0.104. The number of methoxy groups -OCH3 is 1. The van der Waals surface area contributed by atoms with Gasteiger partial charge >= 0.3 is 0 Å². The monoisotopic (exact) mass is 253 g/mol. The minimum absolute atomic E-state index is 0.180. The van der Waals surface area contributed by atoms with Gasteiger partial charge in [-0.25, -0.2) is 0 Å². The van der Waals surface area contributed by atoms with E-state index in [0.717, 1.165) is 31.8 Å². The standard InChI is InChI=1S/C12H19N3OS/c1-9(11(6-13)12(14)17)15-5-3-4-10(7-15)8-16-2/h10H,3-5,7-8H2,1-2H3,(H2,14,17)/t10-/m0/s1. The number of thiocarbonyl (C=S) groups is 1. The number of nitriles is 1. The van der Waals surface area contributed by atoms with Gasteiger partial charge in [-0.05, 0) is 25.7 Å². The van der Waals surface area contributed by atoms with Gasteiger partial charge in [-0.1, -0.05) is 12.2 Å². The Morgan fingerprint density at radius 2 is 2.35 bits per heavy atom. The molecule has 0 aromatic carbocycles. The van der Waals surface area contributed by atoms with Crippen molar-refractivity contribution in [3.63, 3.8) is 0 Å². The van der Waals surface area contributed by atoms with E-state index in [0.29, 0.717) is 11.5 Å². The molecule has 17 heavy (non-hydrogen) atoms. The van der Waals surface area contributed by atoms with Crippen molar-refractivity contribution in [3.8, 4) is 6.07 Å². The molecule has 0 aliphatic carbocycles. The van der Waals surface area contributed by atoms with Crippen molar-refractivity contribution in [1.29, 1.82) is 5.26 Å². The molecule has 1 heterocycles. The first-order valence-electron chi connectivity index (χ1n) is 5.74. The Morgan fingerprint density at radius 1 is 1.65 bits per heavy atom. The van der Waals surface area contributed by atoms with Gasteiger partial charge in [-0.15, -0.1) is 0 Å². The summed E-state index contributed by atoms with van der Waals surface area (Å²) in [6, 6.07) is 2.09. The van der Waals surface area contributed by atoms with Crippen LogP contribution in [0.15, 0.2) is 11.3 Å². The van der Waals surface area contributed by atoms with E-state index in [2.05, 4.69) is 11.0 Å². The van der Waals surface area contributed by atoms with Crippen LogP contribution in [-0.2, 0) is 4.74 Å². The summed E-state index contributed by atoms with van der Waals surface area (Å²) in [7, 11) is 1.72. The average Bonchev–Trinajstić information content (AvgIpc) is 2.30. The van der Waals surface area contributed by atoms with Crippen molar-refractivity contribution in [3.05, 3.63) is 11.3 Å². The molecule has 0 bridgehead atoms. The minimum Gasteiger partial charge on any atom is -0.389 e. The minimum atomic E-state index is 0.180. The molecule has 0 spiro atoms.